The molecule has 0 saturated carbocycles. The standard InChI is InChI=1S/C28H51N4O9P.C13H17NO/c1-23(33)30(39)20-10-4-2-7-13-24(34)15-17-26(36)31(40)22-12-6-9-19-29-25(35)16-18-27(37)32(41)21-11-5-3-8-14-28(38)42;1-13(2,3)7-9-8-14-12-5-4-10(15)6-11(9)12/h39-41H,2-22,42H2,1H3,(H,29,35);4-6,8,14-15H,7H2,1-3H3. The number of hydrogen-bond acceptors (Lipinski definition) is 10. The Balaban J connectivity index is 0.000000888. The molecule has 6 N–H and O–H groups in total. The van der Waals surface area contributed by atoms with Crippen LogP contribution < -0.4 is 5.32 Å². The summed E-state index contributed by atoms with van der Waals surface area (Å²) in [5.41, 5.74) is 2.69. The van der Waals surface area contributed by atoms with Gasteiger partial charge in [0.15, 0.2) is 0 Å². The van der Waals surface area contributed by atoms with Crippen molar-refractivity contribution in [2.45, 2.75) is 143 Å². The van der Waals surface area contributed by atoms with Crippen molar-refractivity contribution in [1.82, 2.24) is 25.5 Å². The molecule has 0 aliphatic rings. The van der Waals surface area contributed by atoms with Gasteiger partial charge in [-0.3, -0.25) is 44.4 Å². The van der Waals surface area contributed by atoms with Gasteiger partial charge in [0.2, 0.25) is 23.6 Å². The Morgan fingerprint density at radius 1 is 0.684 bits per heavy atom. The van der Waals surface area contributed by atoms with Crippen molar-refractivity contribution in [1.29, 1.82) is 0 Å². The van der Waals surface area contributed by atoms with Gasteiger partial charge in [-0.25, -0.2) is 15.2 Å². The summed E-state index contributed by atoms with van der Waals surface area (Å²) in [5.74, 6) is -1.46. The van der Waals surface area contributed by atoms with Gasteiger partial charge in [-0.2, -0.15) is 0 Å². The number of rotatable bonds is 27. The van der Waals surface area contributed by atoms with Gasteiger partial charge in [0.1, 0.15) is 17.1 Å². The average molecular weight is 822 g/mol. The Hall–Kier alpha value is -3.91. The zero-order valence-electron chi connectivity index (χ0n) is 34.5. The van der Waals surface area contributed by atoms with E-state index in [1.807, 2.05) is 18.3 Å². The van der Waals surface area contributed by atoms with Crippen molar-refractivity contribution < 1.29 is 49.5 Å². The second-order valence-corrected chi connectivity index (χ2v) is 16.3. The number of unbranched alkanes of at least 4 members (excludes halogenated alkanes) is 8. The molecule has 15 nitrogen and oxygen atoms in total. The Morgan fingerprint density at radius 3 is 1.77 bits per heavy atom. The minimum absolute atomic E-state index is 0.0343. The largest absolute Gasteiger partial charge is 0.508 e. The molecule has 1 heterocycles. The van der Waals surface area contributed by atoms with Crippen molar-refractivity contribution in [3.63, 3.8) is 0 Å². The first-order valence-corrected chi connectivity index (χ1v) is 20.8. The van der Waals surface area contributed by atoms with Crippen molar-refractivity contribution in [2.24, 2.45) is 5.41 Å². The van der Waals surface area contributed by atoms with Crippen molar-refractivity contribution in [3.05, 3.63) is 30.0 Å². The zero-order valence-corrected chi connectivity index (χ0v) is 35.7. The molecule has 4 amide bonds. The van der Waals surface area contributed by atoms with Gasteiger partial charge in [0.05, 0.1) is 0 Å². The van der Waals surface area contributed by atoms with Crippen LogP contribution in [0.25, 0.3) is 10.9 Å². The number of nitrogens with zero attached hydrogens (tertiary/aromatic N) is 3. The SMILES string of the molecule is CC(=O)N(O)CCCCCCC(=O)CCC(=O)N(O)CCCCCNC(=O)CCC(=O)N(O)CCCCCCC(=O)P.CC(C)(C)Cc1c[nH]c2ccc(O)cc12. The lowest BCUT2D eigenvalue weighted by molar-refractivity contribution is -0.166. The number of aromatic amines is 1. The normalized spacial score (nSPS) is 11.1. The van der Waals surface area contributed by atoms with E-state index in [-0.39, 0.29) is 67.9 Å². The summed E-state index contributed by atoms with van der Waals surface area (Å²) in [6, 6.07) is 5.45. The number of H-pyrrole nitrogens is 1. The van der Waals surface area contributed by atoms with Crippen LogP contribution in [0.5, 0.6) is 5.75 Å². The summed E-state index contributed by atoms with van der Waals surface area (Å²) in [6.07, 6.45) is 11.5. The summed E-state index contributed by atoms with van der Waals surface area (Å²) in [4.78, 5) is 72.9. The highest BCUT2D eigenvalue weighted by Gasteiger charge is 2.16. The first-order valence-electron chi connectivity index (χ1n) is 20.2. The van der Waals surface area contributed by atoms with Gasteiger partial charge in [0, 0.05) is 88.7 Å². The maximum absolute atomic E-state index is 12.0. The number of aromatic hydroxyl groups is 1. The van der Waals surface area contributed by atoms with Crippen LogP contribution in [0.15, 0.2) is 24.4 Å². The summed E-state index contributed by atoms with van der Waals surface area (Å²) in [7, 11) is 2.14. The second-order valence-electron chi connectivity index (χ2n) is 15.7. The fraction of sp³-hybridized carbons (Fsp3) is 0.659. The Labute approximate surface area is 340 Å². The van der Waals surface area contributed by atoms with Crippen LogP contribution in [0.3, 0.4) is 0 Å². The molecule has 57 heavy (non-hydrogen) atoms. The number of amides is 4. The molecule has 16 heteroatoms. The van der Waals surface area contributed by atoms with E-state index >= 15 is 0 Å². The minimum Gasteiger partial charge on any atom is -0.508 e. The Morgan fingerprint density at radius 2 is 1.21 bits per heavy atom. The van der Waals surface area contributed by atoms with E-state index in [1.165, 1.54) is 12.5 Å². The number of benzene rings is 1. The Bertz CT molecular complexity index is 1540. The molecule has 0 aliphatic carbocycles. The molecule has 0 bridgehead atoms. The van der Waals surface area contributed by atoms with Crippen LogP contribution in [0.2, 0.25) is 0 Å². The third-order valence-corrected chi connectivity index (χ3v) is 9.37. The predicted octanol–water partition coefficient (Wildman–Crippen LogP) is 6.84. The van der Waals surface area contributed by atoms with E-state index < -0.39 is 17.7 Å². The number of ketones is 1. The van der Waals surface area contributed by atoms with Gasteiger partial charge in [0.25, 0.3) is 0 Å². The molecule has 322 valence electrons. The van der Waals surface area contributed by atoms with Crippen LogP contribution in [-0.4, -0.2) is 102 Å². The first kappa shape index (κ1) is 51.1. The molecule has 0 aliphatic heterocycles. The molecule has 1 aromatic carbocycles. The summed E-state index contributed by atoms with van der Waals surface area (Å²) >= 11 is 0. The van der Waals surface area contributed by atoms with Gasteiger partial charge >= 0.3 is 0 Å². The lowest BCUT2D eigenvalue weighted by atomic mass is 9.88. The molecule has 0 saturated heterocycles. The van der Waals surface area contributed by atoms with Crippen LogP contribution in [-0.2, 0) is 35.2 Å². The summed E-state index contributed by atoms with van der Waals surface area (Å²) in [6.45, 7) is 8.89. The summed E-state index contributed by atoms with van der Waals surface area (Å²) in [5, 5.41) is 44.2. The number of aromatic nitrogens is 1. The Kier molecular flexibility index (Phi) is 25.5. The molecule has 1 unspecified atom stereocenters. The number of nitrogens with one attached hydrogen (secondary N) is 2. The summed E-state index contributed by atoms with van der Waals surface area (Å²) < 4.78 is 0. The number of Topliss-reactive ketones (excluding diaryl/α,β-unsaturated/α-hetero) is 1. The van der Waals surface area contributed by atoms with Gasteiger partial charge in [-0.05, 0) is 80.5 Å². The maximum Gasteiger partial charge on any atom is 0.246 e. The highest BCUT2D eigenvalue weighted by Crippen LogP contribution is 2.28. The predicted molar refractivity (Wildman–Crippen MR) is 221 cm³/mol. The molecule has 0 fully saturated rings. The average Bonchev–Trinajstić information content (AvgIpc) is 3.53. The molecule has 1 aromatic heterocycles. The van der Waals surface area contributed by atoms with Crippen molar-refractivity contribution in [2.75, 3.05) is 26.2 Å². The number of phenols is 1. The first-order chi connectivity index (χ1) is 26.9. The maximum atomic E-state index is 12.0. The molecule has 2 rings (SSSR count). The number of hydroxylamine groups is 6. The van der Waals surface area contributed by atoms with Crippen LogP contribution in [0.4, 0.5) is 0 Å². The van der Waals surface area contributed by atoms with Gasteiger partial charge in [-0.15, -0.1) is 0 Å². The third-order valence-electron chi connectivity index (χ3n) is 9.08. The van der Waals surface area contributed by atoms with Crippen LogP contribution in [0.1, 0.15) is 142 Å². The highest BCUT2D eigenvalue weighted by molar-refractivity contribution is 7.40. The topological polar surface area (TPSA) is 221 Å². The minimum atomic E-state index is -0.516. The van der Waals surface area contributed by atoms with Crippen molar-refractivity contribution >= 4 is 55.1 Å². The number of hydrogen-bond donors (Lipinski definition) is 6. The molecular formula is C41H68N5O10P. The van der Waals surface area contributed by atoms with Crippen LogP contribution in [0, 0.1) is 5.41 Å². The fourth-order valence-electron chi connectivity index (χ4n) is 5.87. The van der Waals surface area contributed by atoms with E-state index in [0.717, 1.165) is 49.4 Å². The monoisotopic (exact) mass is 821 g/mol. The fourth-order valence-corrected chi connectivity index (χ4v) is 6.08. The third kappa shape index (κ3) is 25.1. The van der Waals surface area contributed by atoms with E-state index in [1.54, 1.807) is 6.07 Å². The molecule has 2 aromatic rings. The van der Waals surface area contributed by atoms with E-state index in [9.17, 15) is 49.5 Å². The van der Waals surface area contributed by atoms with Crippen molar-refractivity contribution in [3.8, 4) is 5.75 Å². The highest BCUT2D eigenvalue weighted by atomic mass is 31.0. The number of carbonyl (C=O) groups is 6. The van der Waals surface area contributed by atoms with E-state index in [0.29, 0.717) is 78.9 Å². The molecule has 0 spiro atoms. The second kappa shape index (κ2) is 28.5. The van der Waals surface area contributed by atoms with Gasteiger partial charge in [-0.1, -0.05) is 55.7 Å². The zero-order chi connectivity index (χ0) is 42.8. The number of phenolic OH excluding ortho intramolecular Hbond substituents is 1. The van der Waals surface area contributed by atoms with E-state index in [2.05, 4.69) is 40.3 Å². The lowest BCUT2D eigenvalue weighted by Crippen LogP contribution is -2.31. The molecule has 1 atom stereocenters. The number of fused-ring (bicyclic) bond motifs is 1. The van der Waals surface area contributed by atoms with Gasteiger partial charge < -0.3 is 15.4 Å². The lowest BCUT2D eigenvalue weighted by Gasteiger charge is -2.17. The smallest absolute Gasteiger partial charge is 0.246 e. The quantitative estimate of drug-likeness (QED) is 0.0238. The molecule has 0 radical (unpaired) electrons. The van der Waals surface area contributed by atoms with Crippen LogP contribution >= 0.6 is 9.24 Å². The number of carbonyl (C=O) groups excluding carboxylic acids is 6. The molecular weight excluding hydrogens is 753 g/mol. The van der Waals surface area contributed by atoms with E-state index in [4.69, 9.17) is 0 Å².